The molecule has 0 saturated carbocycles. The first-order chi connectivity index (χ1) is 12.1. The molecular weight excluding hydrogens is 342 g/mol. The van der Waals surface area contributed by atoms with Crippen molar-refractivity contribution in [3.8, 4) is 0 Å². The SMILES string of the molecule is C=C(C)C(=O)NCCCC[C@H](NC(=O)[C@@H]([NH3+])COC(=O)C(=C)C)C(=O)O. The van der Waals surface area contributed by atoms with Crippen molar-refractivity contribution >= 4 is 23.8 Å². The second-order valence-electron chi connectivity index (χ2n) is 6.01. The fourth-order valence-corrected chi connectivity index (χ4v) is 1.75. The standard InChI is InChI=1S/C17H27N3O6/c1-10(2)14(21)19-8-6-5-7-13(16(23)24)20-15(22)12(18)9-26-17(25)11(3)4/h12-13H,1,3,5-9,18H2,2,4H3,(H,19,21)(H,20,22)(H,23,24)/p+1/t12-,13-/m0/s1. The van der Waals surface area contributed by atoms with Gasteiger partial charge in [-0.05, 0) is 33.1 Å². The van der Waals surface area contributed by atoms with Crippen molar-refractivity contribution in [3.05, 3.63) is 24.3 Å². The summed E-state index contributed by atoms with van der Waals surface area (Å²) in [5.74, 6) is -2.69. The Morgan fingerprint density at radius 2 is 1.73 bits per heavy atom. The smallest absolute Gasteiger partial charge is 0.333 e. The number of esters is 1. The molecule has 0 aromatic heterocycles. The number of hydrogen-bond donors (Lipinski definition) is 4. The average molecular weight is 370 g/mol. The zero-order chi connectivity index (χ0) is 20.3. The maximum Gasteiger partial charge on any atom is 0.333 e. The van der Waals surface area contributed by atoms with Crippen molar-refractivity contribution in [2.75, 3.05) is 13.2 Å². The first-order valence-corrected chi connectivity index (χ1v) is 8.18. The molecule has 0 aliphatic carbocycles. The van der Waals surface area contributed by atoms with Crippen molar-refractivity contribution in [1.82, 2.24) is 10.6 Å². The highest BCUT2D eigenvalue weighted by atomic mass is 16.5. The van der Waals surface area contributed by atoms with Gasteiger partial charge in [-0.1, -0.05) is 13.2 Å². The van der Waals surface area contributed by atoms with Gasteiger partial charge in [-0.15, -0.1) is 0 Å². The van der Waals surface area contributed by atoms with Gasteiger partial charge < -0.3 is 26.2 Å². The average Bonchev–Trinajstić information content (AvgIpc) is 2.56. The molecule has 9 heteroatoms. The highest BCUT2D eigenvalue weighted by Gasteiger charge is 2.26. The summed E-state index contributed by atoms with van der Waals surface area (Å²) in [5, 5.41) is 14.2. The van der Waals surface area contributed by atoms with E-state index in [0.29, 0.717) is 25.0 Å². The molecule has 0 unspecified atom stereocenters. The van der Waals surface area contributed by atoms with Gasteiger partial charge in [-0.25, -0.2) is 9.59 Å². The van der Waals surface area contributed by atoms with Gasteiger partial charge in [0.1, 0.15) is 6.04 Å². The summed E-state index contributed by atoms with van der Waals surface area (Å²) < 4.78 is 4.83. The number of amides is 2. The van der Waals surface area contributed by atoms with Crippen molar-refractivity contribution in [2.45, 2.75) is 45.2 Å². The Morgan fingerprint density at radius 1 is 1.12 bits per heavy atom. The molecule has 146 valence electrons. The quantitative estimate of drug-likeness (QED) is 0.200. The van der Waals surface area contributed by atoms with Crippen LogP contribution in [0.25, 0.3) is 0 Å². The van der Waals surface area contributed by atoms with E-state index >= 15 is 0 Å². The predicted molar refractivity (Wildman–Crippen MR) is 93.7 cm³/mol. The topological polar surface area (TPSA) is 149 Å². The van der Waals surface area contributed by atoms with Gasteiger partial charge in [-0.2, -0.15) is 0 Å². The number of nitrogens with one attached hydrogen (secondary N) is 2. The molecule has 0 saturated heterocycles. The van der Waals surface area contributed by atoms with Crippen LogP contribution >= 0.6 is 0 Å². The number of quaternary nitrogens is 1. The fraction of sp³-hybridized carbons (Fsp3) is 0.529. The van der Waals surface area contributed by atoms with Crippen LogP contribution in [0.15, 0.2) is 24.3 Å². The summed E-state index contributed by atoms with van der Waals surface area (Å²) in [4.78, 5) is 45.8. The molecular formula is C17H28N3O6+. The van der Waals surface area contributed by atoms with Crippen molar-refractivity contribution in [1.29, 1.82) is 0 Å². The monoisotopic (exact) mass is 370 g/mol. The lowest BCUT2D eigenvalue weighted by Gasteiger charge is -2.16. The molecule has 9 nitrogen and oxygen atoms in total. The molecule has 0 aliphatic rings. The van der Waals surface area contributed by atoms with E-state index in [9.17, 15) is 24.3 Å². The maximum atomic E-state index is 12.0. The van der Waals surface area contributed by atoms with Crippen LogP contribution in [-0.4, -0.2) is 54.1 Å². The van der Waals surface area contributed by atoms with Gasteiger partial charge in [0.2, 0.25) is 5.91 Å². The van der Waals surface area contributed by atoms with Gasteiger partial charge in [0.15, 0.2) is 12.6 Å². The third kappa shape index (κ3) is 9.58. The zero-order valence-electron chi connectivity index (χ0n) is 15.3. The molecule has 0 radical (unpaired) electrons. The Hall–Kier alpha value is -2.68. The molecule has 0 bridgehead atoms. The van der Waals surface area contributed by atoms with E-state index in [4.69, 9.17) is 4.74 Å². The number of aliphatic carboxylic acids is 1. The first-order valence-electron chi connectivity index (χ1n) is 8.18. The van der Waals surface area contributed by atoms with Gasteiger partial charge in [0, 0.05) is 17.7 Å². The summed E-state index contributed by atoms with van der Waals surface area (Å²) >= 11 is 0. The second kappa shape index (κ2) is 11.8. The van der Waals surface area contributed by atoms with Gasteiger partial charge in [-0.3, -0.25) is 9.59 Å². The van der Waals surface area contributed by atoms with Crippen LogP contribution in [0, 0.1) is 0 Å². The molecule has 0 aliphatic heterocycles. The largest absolute Gasteiger partial charge is 0.480 e. The van der Waals surface area contributed by atoms with Crippen LogP contribution in [0.1, 0.15) is 33.1 Å². The summed E-state index contributed by atoms with van der Waals surface area (Å²) in [6.45, 7) is 10.1. The zero-order valence-corrected chi connectivity index (χ0v) is 15.3. The molecule has 0 rings (SSSR count). The number of carboxylic acid groups (broad SMARTS) is 1. The lowest BCUT2D eigenvalue weighted by atomic mass is 10.1. The van der Waals surface area contributed by atoms with E-state index < -0.39 is 29.9 Å². The Kier molecular flexibility index (Phi) is 10.6. The lowest BCUT2D eigenvalue weighted by Crippen LogP contribution is -2.70. The van der Waals surface area contributed by atoms with Crippen molar-refractivity contribution in [2.24, 2.45) is 0 Å². The number of ether oxygens (including phenoxy) is 1. The molecule has 0 spiro atoms. The fourth-order valence-electron chi connectivity index (χ4n) is 1.75. The summed E-state index contributed by atoms with van der Waals surface area (Å²) in [6.07, 6.45) is 1.24. The minimum atomic E-state index is -1.17. The van der Waals surface area contributed by atoms with Crippen LogP contribution in [0.3, 0.4) is 0 Å². The first kappa shape index (κ1) is 23.3. The third-order valence-electron chi connectivity index (χ3n) is 3.34. The van der Waals surface area contributed by atoms with E-state index in [0.717, 1.165) is 0 Å². The molecule has 0 aromatic carbocycles. The Balaban J connectivity index is 4.28. The summed E-state index contributed by atoms with van der Waals surface area (Å²) in [7, 11) is 0. The van der Waals surface area contributed by atoms with Crippen LogP contribution in [0.5, 0.6) is 0 Å². The molecule has 0 heterocycles. The molecule has 0 fully saturated rings. The van der Waals surface area contributed by atoms with Crippen LogP contribution in [-0.2, 0) is 23.9 Å². The molecule has 26 heavy (non-hydrogen) atoms. The second-order valence-corrected chi connectivity index (χ2v) is 6.01. The summed E-state index contributed by atoms with van der Waals surface area (Å²) in [6, 6.07) is -2.02. The third-order valence-corrected chi connectivity index (χ3v) is 3.34. The molecule has 0 aromatic rings. The van der Waals surface area contributed by atoms with Crippen molar-refractivity contribution < 1.29 is 34.8 Å². The Bertz CT molecular complexity index is 573. The minimum Gasteiger partial charge on any atom is -0.480 e. The van der Waals surface area contributed by atoms with Gasteiger partial charge in [0.25, 0.3) is 5.91 Å². The Morgan fingerprint density at radius 3 is 2.23 bits per heavy atom. The van der Waals surface area contributed by atoms with Gasteiger partial charge in [0.05, 0.1) is 0 Å². The van der Waals surface area contributed by atoms with E-state index in [1.807, 2.05) is 0 Å². The van der Waals surface area contributed by atoms with E-state index in [1.54, 1.807) is 6.92 Å². The molecule has 6 N–H and O–H groups in total. The number of unbranched alkanes of at least 4 members (excludes halogenated alkanes) is 1. The number of carbonyl (C=O) groups is 4. The van der Waals surface area contributed by atoms with Crippen LogP contribution in [0.4, 0.5) is 0 Å². The van der Waals surface area contributed by atoms with E-state index in [1.165, 1.54) is 6.92 Å². The minimum absolute atomic E-state index is 0.194. The highest BCUT2D eigenvalue weighted by Crippen LogP contribution is 2.02. The molecule has 2 amide bonds. The van der Waals surface area contributed by atoms with Crippen molar-refractivity contribution in [3.63, 3.8) is 0 Å². The van der Waals surface area contributed by atoms with Crippen LogP contribution < -0.4 is 16.4 Å². The van der Waals surface area contributed by atoms with Gasteiger partial charge >= 0.3 is 11.9 Å². The lowest BCUT2D eigenvalue weighted by molar-refractivity contribution is -0.409. The normalized spacial score (nSPS) is 12.4. The number of hydrogen-bond acceptors (Lipinski definition) is 5. The van der Waals surface area contributed by atoms with E-state index in [-0.39, 0.29) is 24.5 Å². The number of carboxylic acids is 1. The van der Waals surface area contributed by atoms with Crippen LogP contribution in [0.2, 0.25) is 0 Å². The summed E-state index contributed by atoms with van der Waals surface area (Å²) in [5.41, 5.74) is 4.15. The highest BCUT2D eigenvalue weighted by molar-refractivity contribution is 5.92. The van der Waals surface area contributed by atoms with E-state index in [2.05, 4.69) is 29.5 Å². The number of carbonyl (C=O) groups excluding carboxylic acids is 3. The maximum absolute atomic E-state index is 12.0. The Labute approximate surface area is 152 Å². The predicted octanol–water partition coefficient (Wildman–Crippen LogP) is -0.852. The number of rotatable bonds is 12. The molecule has 2 atom stereocenters.